The highest BCUT2D eigenvalue weighted by Crippen LogP contribution is 2.30. The molecule has 0 aromatic carbocycles. The number of carbonyl (C=O) groups is 2. The summed E-state index contributed by atoms with van der Waals surface area (Å²) in [6, 6.07) is 0. The van der Waals surface area contributed by atoms with Crippen LogP contribution < -0.4 is 5.43 Å². The molecular weight excluding hydrogens is 208 g/mol. The van der Waals surface area contributed by atoms with Gasteiger partial charge in [-0.05, 0) is 40.5 Å². The lowest BCUT2D eigenvalue weighted by Crippen LogP contribution is -2.48. The van der Waals surface area contributed by atoms with Crippen LogP contribution in [0.1, 0.15) is 33.6 Å². The number of hydrazine groups is 1. The van der Waals surface area contributed by atoms with Crippen molar-refractivity contribution >= 4 is 12.0 Å². The van der Waals surface area contributed by atoms with Gasteiger partial charge in [0.25, 0.3) is 0 Å². The molecule has 1 radical (unpaired) electrons. The monoisotopic (exact) mass is 227 g/mol. The van der Waals surface area contributed by atoms with Crippen molar-refractivity contribution in [2.75, 3.05) is 6.54 Å². The van der Waals surface area contributed by atoms with E-state index in [1.165, 1.54) is 5.01 Å². The summed E-state index contributed by atoms with van der Waals surface area (Å²) in [5, 5.41) is 1.21. The van der Waals surface area contributed by atoms with E-state index in [1.54, 1.807) is 20.8 Å². The molecule has 1 N–H and O–H groups in total. The second-order valence-corrected chi connectivity index (χ2v) is 4.88. The first-order valence-corrected chi connectivity index (χ1v) is 5.44. The maximum absolute atomic E-state index is 11.7. The highest BCUT2D eigenvalue weighted by molar-refractivity contribution is 5.83. The molecule has 0 saturated heterocycles. The molecule has 2 amide bonds. The second kappa shape index (κ2) is 4.72. The largest absolute Gasteiger partial charge is 0.443 e. The molecule has 5 nitrogen and oxygen atoms in total. The Morgan fingerprint density at radius 3 is 2.38 bits per heavy atom. The summed E-state index contributed by atoms with van der Waals surface area (Å²) in [5.74, 6) is -0.0301. The highest BCUT2D eigenvalue weighted by atomic mass is 16.6. The summed E-state index contributed by atoms with van der Waals surface area (Å²) < 4.78 is 5.05. The van der Waals surface area contributed by atoms with Crippen LogP contribution in [0, 0.1) is 12.8 Å². The molecule has 5 heteroatoms. The fraction of sp³-hybridized carbons (Fsp3) is 0.727. The van der Waals surface area contributed by atoms with Gasteiger partial charge in [0.1, 0.15) is 5.60 Å². The summed E-state index contributed by atoms with van der Waals surface area (Å²) in [7, 11) is 0. The Balaban J connectivity index is 2.43. The summed E-state index contributed by atoms with van der Waals surface area (Å²) in [4.78, 5) is 23.1. The number of nitrogens with one attached hydrogen (secondary N) is 1. The molecule has 0 aliphatic heterocycles. The minimum Gasteiger partial charge on any atom is -0.443 e. The molecule has 1 aliphatic rings. The zero-order valence-electron chi connectivity index (χ0n) is 10.1. The number of ether oxygens (including phenoxy) is 1. The van der Waals surface area contributed by atoms with Gasteiger partial charge < -0.3 is 4.74 Å². The molecule has 0 bridgehead atoms. The van der Waals surface area contributed by atoms with Gasteiger partial charge in [-0.15, -0.1) is 0 Å². The zero-order chi connectivity index (χ0) is 12.3. The topological polar surface area (TPSA) is 58.6 Å². The van der Waals surface area contributed by atoms with Crippen LogP contribution in [0.4, 0.5) is 4.79 Å². The van der Waals surface area contributed by atoms with Crippen LogP contribution in [0.2, 0.25) is 0 Å². The Morgan fingerprint density at radius 1 is 1.44 bits per heavy atom. The Kier molecular flexibility index (Phi) is 3.78. The molecule has 91 valence electrons. The number of nitrogens with zero attached hydrogens (tertiary/aromatic N) is 1. The highest BCUT2D eigenvalue weighted by Gasteiger charge is 2.34. The first kappa shape index (κ1) is 12.8. The summed E-state index contributed by atoms with van der Waals surface area (Å²) in [6.45, 7) is 9.11. The molecule has 1 rings (SSSR count). The fourth-order valence-corrected chi connectivity index (χ4v) is 1.18. The van der Waals surface area contributed by atoms with Gasteiger partial charge in [0.05, 0.1) is 0 Å². The van der Waals surface area contributed by atoms with Gasteiger partial charge in [0, 0.05) is 12.5 Å². The van der Waals surface area contributed by atoms with E-state index in [0.29, 0.717) is 0 Å². The Hall–Kier alpha value is -1.26. The molecule has 0 heterocycles. The van der Waals surface area contributed by atoms with Crippen molar-refractivity contribution in [1.82, 2.24) is 10.4 Å². The van der Waals surface area contributed by atoms with Crippen LogP contribution in [-0.2, 0) is 9.53 Å². The molecule has 0 spiro atoms. The van der Waals surface area contributed by atoms with Gasteiger partial charge >= 0.3 is 6.09 Å². The minimum absolute atomic E-state index is 0.0525. The first-order chi connectivity index (χ1) is 7.33. The predicted octanol–water partition coefficient (Wildman–Crippen LogP) is 1.50. The molecule has 0 aromatic heterocycles. The van der Waals surface area contributed by atoms with Crippen molar-refractivity contribution in [2.24, 2.45) is 5.92 Å². The van der Waals surface area contributed by atoms with Crippen LogP contribution in [0.5, 0.6) is 0 Å². The fourth-order valence-electron chi connectivity index (χ4n) is 1.18. The lowest BCUT2D eigenvalue weighted by Gasteiger charge is -2.25. The minimum atomic E-state index is -0.620. The number of hydrogen-bond donors (Lipinski definition) is 1. The molecule has 16 heavy (non-hydrogen) atoms. The van der Waals surface area contributed by atoms with E-state index in [0.717, 1.165) is 12.8 Å². The molecule has 1 saturated carbocycles. The third-order valence-corrected chi connectivity index (χ3v) is 2.04. The Bertz CT molecular complexity index is 279. The molecule has 0 unspecified atom stereocenters. The van der Waals surface area contributed by atoms with E-state index in [2.05, 4.69) is 12.3 Å². The van der Waals surface area contributed by atoms with Crippen molar-refractivity contribution in [2.45, 2.75) is 39.2 Å². The average Bonchev–Trinajstić information content (AvgIpc) is 2.93. The van der Waals surface area contributed by atoms with Crippen LogP contribution in [0.3, 0.4) is 0 Å². The van der Waals surface area contributed by atoms with Crippen LogP contribution in [-0.4, -0.2) is 29.2 Å². The lowest BCUT2D eigenvalue weighted by atomic mass is 10.2. The number of hydrogen-bond acceptors (Lipinski definition) is 3. The van der Waals surface area contributed by atoms with Crippen molar-refractivity contribution < 1.29 is 14.3 Å². The lowest BCUT2D eigenvalue weighted by molar-refractivity contribution is -0.135. The summed E-state index contributed by atoms with van der Waals surface area (Å²) in [5.41, 5.74) is 1.83. The van der Waals surface area contributed by atoms with Crippen LogP contribution >= 0.6 is 0 Å². The van der Waals surface area contributed by atoms with Crippen molar-refractivity contribution in [3.05, 3.63) is 6.92 Å². The smallest absolute Gasteiger partial charge is 0.426 e. The maximum Gasteiger partial charge on any atom is 0.426 e. The standard InChI is InChI=1S/C11H19N2O3/c1-5-13(9(14)8-6-7-8)12-10(15)16-11(2,3)4/h8H,1,5-7H2,2-4H3,(H,12,15). The Labute approximate surface area is 96.1 Å². The number of amides is 2. The van der Waals surface area contributed by atoms with E-state index in [9.17, 15) is 9.59 Å². The van der Waals surface area contributed by atoms with E-state index in [4.69, 9.17) is 4.74 Å². The van der Waals surface area contributed by atoms with Gasteiger partial charge in [0.15, 0.2) is 0 Å². The quantitative estimate of drug-likeness (QED) is 0.727. The van der Waals surface area contributed by atoms with Crippen molar-refractivity contribution in [3.63, 3.8) is 0 Å². The number of carbonyl (C=O) groups excluding carboxylic acids is 2. The summed E-state index contributed by atoms with van der Waals surface area (Å²) in [6.07, 6.45) is 1.17. The van der Waals surface area contributed by atoms with E-state index in [1.807, 2.05) is 0 Å². The van der Waals surface area contributed by atoms with Crippen LogP contribution in [0.25, 0.3) is 0 Å². The third-order valence-electron chi connectivity index (χ3n) is 2.04. The molecule has 1 fully saturated rings. The zero-order valence-corrected chi connectivity index (χ0v) is 10.1. The first-order valence-electron chi connectivity index (χ1n) is 5.44. The van der Waals surface area contributed by atoms with Gasteiger partial charge in [-0.25, -0.2) is 10.2 Å². The van der Waals surface area contributed by atoms with Gasteiger partial charge in [0.2, 0.25) is 5.91 Å². The van der Waals surface area contributed by atoms with Crippen LogP contribution in [0.15, 0.2) is 0 Å². The molecular formula is C11H19N2O3. The number of rotatable bonds is 2. The predicted molar refractivity (Wildman–Crippen MR) is 59.2 cm³/mol. The normalized spacial score (nSPS) is 15.5. The molecule has 0 atom stereocenters. The van der Waals surface area contributed by atoms with Gasteiger partial charge in [-0.1, -0.05) is 0 Å². The van der Waals surface area contributed by atoms with Crippen molar-refractivity contribution in [3.8, 4) is 0 Å². The molecule has 1 aliphatic carbocycles. The summed E-state index contributed by atoms with van der Waals surface area (Å²) >= 11 is 0. The van der Waals surface area contributed by atoms with Crippen molar-refractivity contribution in [1.29, 1.82) is 0 Å². The molecule has 0 aromatic rings. The average molecular weight is 227 g/mol. The van der Waals surface area contributed by atoms with Gasteiger partial charge in [-0.2, -0.15) is 0 Å². The maximum atomic E-state index is 11.7. The van der Waals surface area contributed by atoms with Gasteiger partial charge in [-0.3, -0.25) is 9.80 Å². The van der Waals surface area contributed by atoms with E-state index in [-0.39, 0.29) is 18.4 Å². The van der Waals surface area contributed by atoms with E-state index >= 15 is 0 Å². The second-order valence-electron chi connectivity index (χ2n) is 4.88. The SMILES string of the molecule is [CH2]CN(NC(=O)OC(C)(C)C)C(=O)C1CC1. The third kappa shape index (κ3) is 4.08. The van der Waals surface area contributed by atoms with E-state index < -0.39 is 11.7 Å². The Morgan fingerprint density at radius 2 is 2.00 bits per heavy atom.